The van der Waals surface area contributed by atoms with Crippen molar-refractivity contribution in [3.05, 3.63) is 33.8 Å². The van der Waals surface area contributed by atoms with E-state index < -0.39 is 0 Å². The fourth-order valence-corrected chi connectivity index (χ4v) is 3.02. The number of carbonyl (C=O) groups is 3. The molecule has 0 aliphatic carbocycles. The predicted octanol–water partition coefficient (Wildman–Crippen LogP) is 3.13. The van der Waals surface area contributed by atoms with E-state index in [0.717, 1.165) is 17.3 Å². The zero-order chi connectivity index (χ0) is 17.0. The van der Waals surface area contributed by atoms with Crippen molar-refractivity contribution in [2.24, 2.45) is 0 Å². The number of amides is 3. The highest BCUT2D eigenvalue weighted by Gasteiger charge is 2.35. The van der Waals surface area contributed by atoms with Crippen LogP contribution < -0.4 is 5.32 Å². The number of hydrogen-bond donors (Lipinski definition) is 1. The first-order valence-corrected chi connectivity index (χ1v) is 8.72. The third-order valence-electron chi connectivity index (χ3n) is 4.07. The Labute approximate surface area is 144 Å². The van der Waals surface area contributed by atoms with Crippen LogP contribution in [0.3, 0.4) is 0 Å². The van der Waals surface area contributed by atoms with Gasteiger partial charge in [0, 0.05) is 23.5 Å². The number of imide groups is 1. The molecule has 0 spiro atoms. The van der Waals surface area contributed by atoms with Gasteiger partial charge in [-0.1, -0.05) is 29.8 Å². The molecule has 0 saturated carbocycles. The summed E-state index contributed by atoms with van der Waals surface area (Å²) in [4.78, 5) is 37.6. The van der Waals surface area contributed by atoms with Gasteiger partial charge in [-0.25, -0.2) is 0 Å². The largest absolute Gasteiger partial charge is 0.353 e. The van der Waals surface area contributed by atoms with Crippen molar-refractivity contribution in [1.82, 2.24) is 10.2 Å². The zero-order valence-corrected chi connectivity index (χ0v) is 15.0. The molecule has 0 aromatic heterocycles. The van der Waals surface area contributed by atoms with E-state index in [0.29, 0.717) is 24.0 Å². The second-order valence-electron chi connectivity index (χ2n) is 5.64. The van der Waals surface area contributed by atoms with Gasteiger partial charge in [-0.3, -0.25) is 19.3 Å². The van der Waals surface area contributed by atoms with Gasteiger partial charge in [0.15, 0.2) is 0 Å². The van der Waals surface area contributed by atoms with Crippen molar-refractivity contribution in [2.45, 2.75) is 45.6 Å². The fourth-order valence-electron chi connectivity index (χ4n) is 2.66. The molecule has 124 valence electrons. The number of carbonyl (C=O) groups excluding carboxylic acids is 3. The predicted molar refractivity (Wildman–Crippen MR) is 91.3 cm³/mol. The van der Waals surface area contributed by atoms with Gasteiger partial charge in [0.2, 0.25) is 5.91 Å². The third kappa shape index (κ3) is 3.99. The van der Waals surface area contributed by atoms with Crippen LogP contribution in [0.5, 0.6) is 0 Å². The summed E-state index contributed by atoms with van der Waals surface area (Å²) in [6.07, 6.45) is 2.58. The number of rotatable bonds is 7. The molecule has 0 atom stereocenters. The van der Waals surface area contributed by atoms with E-state index in [4.69, 9.17) is 0 Å². The Hall–Kier alpha value is -1.69. The Balaban J connectivity index is 1.89. The normalized spacial score (nSPS) is 13.7. The second kappa shape index (κ2) is 7.73. The summed E-state index contributed by atoms with van der Waals surface area (Å²) in [6.45, 7) is 4.33. The zero-order valence-electron chi connectivity index (χ0n) is 13.4. The average molecular weight is 381 g/mol. The first-order chi connectivity index (χ1) is 11.0. The summed E-state index contributed by atoms with van der Waals surface area (Å²) < 4.78 is 0.767. The van der Waals surface area contributed by atoms with Crippen molar-refractivity contribution in [1.29, 1.82) is 0 Å². The lowest BCUT2D eigenvalue weighted by molar-refractivity contribution is -0.122. The van der Waals surface area contributed by atoms with Gasteiger partial charge in [-0.05, 0) is 37.5 Å². The molecule has 5 nitrogen and oxygen atoms in total. The minimum atomic E-state index is -0.285. The molecular formula is C17H21BrN2O3. The Morgan fingerprint density at radius 3 is 2.48 bits per heavy atom. The molecule has 1 aliphatic rings. The third-order valence-corrected chi connectivity index (χ3v) is 4.56. The standard InChI is InChI=1S/C17H21BrN2O3/c1-3-12(4-2)19-15(21)6-5-9-20-16(22)13-8-7-11(18)10-14(13)17(20)23/h7-8,10,12H,3-6,9H2,1-2H3,(H,19,21). The van der Waals surface area contributed by atoms with Crippen molar-refractivity contribution in [3.63, 3.8) is 0 Å². The van der Waals surface area contributed by atoms with Gasteiger partial charge in [0.1, 0.15) is 0 Å². The summed E-state index contributed by atoms with van der Waals surface area (Å²) >= 11 is 3.31. The molecular weight excluding hydrogens is 360 g/mol. The van der Waals surface area contributed by atoms with Crippen LogP contribution in [0.25, 0.3) is 0 Å². The van der Waals surface area contributed by atoms with Crippen LogP contribution in [-0.4, -0.2) is 35.2 Å². The molecule has 23 heavy (non-hydrogen) atoms. The van der Waals surface area contributed by atoms with Crippen molar-refractivity contribution < 1.29 is 14.4 Å². The van der Waals surface area contributed by atoms with Crippen LogP contribution in [0.15, 0.2) is 22.7 Å². The van der Waals surface area contributed by atoms with Gasteiger partial charge >= 0.3 is 0 Å². The van der Waals surface area contributed by atoms with Gasteiger partial charge < -0.3 is 5.32 Å². The summed E-state index contributed by atoms with van der Waals surface area (Å²) in [7, 11) is 0. The number of nitrogens with zero attached hydrogens (tertiary/aromatic N) is 1. The van der Waals surface area contributed by atoms with E-state index >= 15 is 0 Å². The fraction of sp³-hybridized carbons (Fsp3) is 0.471. The van der Waals surface area contributed by atoms with E-state index in [1.165, 1.54) is 4.90 Å². The van der Waals surface area contributed by atoms with E-state index in [2.05, 4.69) is 21.2 Å². The first-order valence-electron chi connectivity index (χ1n) is 7.93. The van der Waals surface area contributed by atoms with Crippen molar-refractivity contribution in [3.8, 4) is 0 Å². The number of hydrogen-bond acceptors (Lipinski definition) is 3. The van der Waals surface area contributed by atoms with E-state index in [-0.39, 0.29) is 30.3 Å². The van der Waals surface area contributed by atoms with Crippen molar-refractivity contribution >= 4 is 33.7 Å². The Kier molecular flexibility index (Phi) is 5.93. The maximum Gasteiger partial charge on any atom is 0.261 e. The molecule has 0 radical (unpaired) electrons. The smallest absolute Gasteiger partial charge is 0.261 e. The molecule has 6 heteroatoms. The number of halogens is 1. The summed E-state index contributed by atoms with van der Waals surface area (Å²) in [6, 6.07) is 5.25. The number of fused-ring (bicyclic) bond motifs is 1. The minimum Gasteiger partial charge on any atom is -0.353 e. The number of benzene rings is 1. The highest BCUT2D eigenvalue weighted by atomic mass is 79.9. The van der Waals surface area contributed by atoms with E-state index in [9.17, 15) is 14.4 Å². The Morgan fingerprint density at radius 1 is 1.17 bits per heavy atom. The molecule has 0 saturated heterocycles. The average Bonchev–Trinajstić information content (AvgIpc) is 2.77. The maximum atomic E-state index is 12.3. The lowest BCUT2D eigenvalue weighted by atomic mass is 10.1. The molecule has 1 aromatic rings. The quantitative estimate of drug-likeness (QED) is 0.738. The Morgan fingerprint density at radius 2 is 1.83 bits per heavy atom. The molecule has 1 aromatic carbocycles. The lowest BCUT2D eigenvalue weighted by Gasteiger charge is -2.16. The molecule has 2 rings (SSSR count). The van der Waals surface area contributed by atoms with Gasteiger partial charge in [0.25, 0.3) is 11.8 Å². The first kappa shape index (κ1) is 17.7. The molecule has 1 heterocycles. The van der Waals surface area contributed by atoms with E-state index in [1.54, 1.807) is 18.2 Å². The minimum absolute atomic E-state index is 0.0296. The van der Waals surface area contributed by atoms with E-state index in [1.807, 2.05) is 13.8 Å². The highest BCUT2D eigenvalue weighted by molar-refractivity contribution is 9.10. The maximum absolute atomic E-state index is 12.3. The van der Waals surface area contributed by atoms with Crippen LogP contribution in [0.2, 0.25) is 0 Å². The monoisotopic (exact) mass is 380 g/mol. The van der Waals surface area contributed by atoms with Crippen LogP contribution in [0.4, 0.5) is 0 Å². The molecule has 0 bridgehead atoms. The Bertz CT molecular complexity index is 626. The van der Waals surface area contributed by atoms with Crippen LogP contribution >= 0.6 is 15.9 Å². The topological polar surface area (TPSA) is 66.5 Å². The van der Waals surface area contributed by atoms with Crippen LogP contribution in [0, 0.1) is 0 Å². The second-order valence-corrected chi connectivity index (χ2v) is 6.55. The molecule has 3 amide bonds. The summed E-state index contributed by atoms with van der Waals surface area (Å²) in [5.74, 6) is -0.595. The van der Waals surface area contributed by atoms with Gasteiger partial charge in [-0.2, -0.15) is 0 Å². The van der Waals surface area contributed by atoms with Crippen LogP contribution in [-0.2, 0) is 4.79 Å². The van der Waals surface area contributed by atoms with Crippen molar-refractivity contribution in [2.75, 3.05) is 6.54 Å². The SMILES string of the molecule is CCC(CC)NC(=O)CCCN1C(=O)c2ccc(Br)cc2C1=O. The molecule has 0 fully saturated rings. The van der Waals surface area contributed by atoms with Gasteiger partial charge in [-0.15, -0.1) is 0 Å². The molecule has 1 aliphatic heterocycles. The lowest BCUT2D eigenvalue weighted by Crippen LogP contribution is -2.35. The molecule has 1 N–H and O–H groups in total. The molecule has 0 unspecified atom stereocenters. The summed E-state index contributed by atoms with van der Waals surface area (Å²) in [5, 5.41) is 2.96. The van der Waals surface area contributed by atoms with Gasteiger partial charge in [0.05, 0.1) is 11.1 Å². The highest BCUT2D eigenvalue weighted by Crippen LogP contribution is 2.26. The summed E-state index contributed by atoms with van der Waals surface area (Å²) in [5.41, 5.74) is 0.852. The number of nitrogens with one attached hydrogen (secondary N) is 1. The van der Waals surface area contributed by atoms with Crippen LogP contribution in [0.1, 0.15) is 60.2 Å².